The van der Waals surface area contributed by atoms with Crippen molar-refractivity contribution in [2.75, 3.05) is 11.9 Å². The number of carbonyl (C=O) groups excluding carboxylic acids is 1. The molecule has 0 radical (unpaired) electrons. The van der Waals surface area contributed by atoms with Crippen molar-refractivity contribution < 1.29 is 13.9 Å². The van der Waals surface area contributed by atoms with Crippen LogP contribution in [0.4, 0.5) is 20.8 Å². The van der Waals surface area contributed by atoms with E-state index in [1.54, 1.807) is 29.8 Å². The first-order valence-electron chi connectivity index (χ1n) is 9.36. The molecule has 0 aliphatic heterocycles. The highest BCUT2D eigenvalue weighted by molar-refractivity contribution is 5.72. The number of aromatic nitrogens is 5. The summed E-state index contributed by atoms with van der Waals surface area (Å²) < 4.78 is 20.1. The highest BCUT2D eigenvalue weighted by Crippen LogP contribution is 2.25. The summed E-state index contributed by atoms with van der Waals surface area (Å²) in [6.07, 6.45) is 1.15. The average molecular weight is 409 g/mol. The Bertz CT molecular complexity index is 1170. The fourth-order valence-electron chi connectivity index (χ4n) is 3.01. The van der Waals surface area contributed by atoms with Gasteiger partial charge >= 0.3 is 6.09 Å². The molecule has 0 fully saturated rings. The van der Waals surface area contributed by atoms with Crippen LogP contribution in [0.1, 0.15) is 30.0 Å². The lowest BCUT2D eigenvalue weighted by atomic mass is 10.1. The van der Waals surface area contributed by atoms with Gasteiger partial charge in [-0.15, -0.1) is 5.10 Å². The molecule has 9 nitrogen and oxygen atoms in total. The Morgan fingerprint density at radius 1 is 1.30 bits per heavy atom. The van der Waals surface area contributed by atoms with Gasteiger partial charge in [0.2, 0.25) is 0 Å². The second-order valence-electron chi connectivity index (χ2n) is 6.57. The van der Waals surface area contributed by atoms with Crippen molar-refractivity contribution in [2.45, 2.75) is 19.9 Å². The molecular formula is C20H20FN7O2. The molecule has 30 heavy (non-hydrogen) atoms. The fourth-order valence-corrected chi connectivity index (χ4v) is 3.01. The number of hydrogen-bond acceptors (Lipinski definition) is 6. The van der Waals surface area contributed by atoms with E-state index in [-0.39, 0.29) is 12.4 Å². The van der Waals surface area contributed by atoms with Crippen LogP contribution in [0, 0.1) is 12.7 Å². The van der Waals surface area contributed by atoms with Gasteiger partial charge in [-0.05, 0) is 43.7 Å². The average Bonchev–Trinajstić information content (AvgIpc) is 3.36. The maximum absolute atomic E-state index is 13.4. The van der Waals surface area contributed by atoms with Crippen LogP contribution in [-0.4, -0.2) is 37.5 Å². The van der Waals surface area contributed by atoms with E-state index in [0.29, 0.717) is 23.0 Å². The van der Waals surface area contributed by atoms with Crippen molar-refractivity contribution in [3.63, 3.8) is 0 Å². The maximum atomic E-state index is 13.4. The number of hydrogen-bond donors (Lipinski definition) is 3. The van der Waals surface area contributed by atoms with Crippen LogP contribution in [0.2, 0.25) is 0 Å². The molecule has 0 aliphatic rings. The molecule has 3 aromatic heterocycles. The smallest absolute Gasteiger partial charge is 0.407 e. The first kappa shape index (κ1) is 19.4. The van der Waals surface area contributed by atoms with Crippen LogP contribution in [0.15, 0.2) is 48.7 Å². The van der Waals surface area contributed by atoms with E-state index in [4.69, 9.17) is 4.74 Å². The van der Waals surface area contributed by atoms with Crippen LogP contribution in [-0.2, 0) is 4.74 Å². The first-order valence-corrected chi connectivity index (χ1v) is 9.36. The number of amides is 1. The predicted molar refractivity (Wildman–Crippen MR) is 108 cm³/mol. The first-order chi connectivity index (χ1) is 14.5. The number of rotatable bonds is 6. The Morgan fingerprint density at radius 3 is 2.80 bits per heavy atom. The lowest BCUT2D eigenvalue weighted by molar-refractivity contribution is 0.149. The molecule has 1 atom stereocenters. The molecule has 4 aromatic rings. The van der Waals surface area contributed by atoms with E-state index in [0.717, 1.165) is 11.2 Å². The van der Waals surface area contributed by atoms with E-state index in [2.05, 4.69) is 30.9 Å². The van der Waals surface area contributed by atoms with Gasteiger partial charge in [-0.25, -0.2) is 18.7 Å². The van der Waals surface area contributed by atoms with Gasteiger partial charge in [-0.2, -0.15) is 5.10 Å². The van der Waals surface area contributed by atoms with Gasteiger partial charge in [0.1, 0.15) is 17.4 Å². The maximum Gasteiger partial charge on any atom is 0.407 e. The number of aryl methyl sites for hydroxylation is 1. The molecule has 0 spiro atoms. The number of halogens is 1. The Morgan fingerprint density at radius 2 is 2.10 bits per heavy atom. The lowest BCUT2D eigenvalue weighted by Crippen LogP contribution is -2.31. The predicted octanol–water partition coefficient (Wildman–Crippen LogP) is 3.48. The zero-order chi connectivity index (χ0) is 21.1. The van der Waals surface area contributed by atoms with Crippen molar-refractivity contribution in [1.82, 2.24) is 30.1 Å². The quantitative estimate of drug-likeness (QED) is 0.450. The van der Waals surface area contributed by atoms with Crippen molar-refractivity contribution in [3.8, 4) is 0 Å². The SMILES string of the molecule is CCOC(=O)NC(c1ccc(F)cc1)c1nc(Nc2cc(C)[nH]n2)c2cccn2n1. The monoisotopic (exact) mass is 409 g/mol. The number of H-pyrrole nitrogens is 1. The molecule has 0 aliphatic carbocycles. The second-order valence-corrected chi connectivity index (χ2v) is 6.57. The topological polar surface area (TPSA) is 109 Å². The van der Waals surface area contributed by atoms with Crippen molar-refractivity contribution in [2.24, 2.45) is 0 Å². The highest BCUT2D eigenvalue weighted by Gasteiger charge is 2.23. The Labute approximate surface area is 171 Å². The zero-order valence-corrected chi connectivity index (χ0v) is 16.4. The molecule has 154 valence electrons. The molecular weight excluding hydrogens is 389 g/mol. The number of nitrogens with zero attached hydrogens (tertiary/aromatic N) is 4. The summed E-state index contributed by atoms with van der Waals surface area (Å²) in [6.45, 7) is 3.82. The van der Waals surface area contributed by atoms with Crippen molar-refractivity contribution in [3.05, 3.63) is 71.6 Å². The van der Waals surface area contributed by atoms with Gasteiger partial charge in [0.05, 0.1) is 6.61 Å². The lowest BCUT2D eigenvalue weighted by Gasteiger charge is -2.19. The van der Waals surface area contributed by atoms with Gasteiger partial charge in [-0.1, -0.05) is 12.1 Å². The number of anilines is 2. The van der Waals surface area contributed by atoms with Crippen LogP contribution in [0.25, 0.3) is 5.52 Å². The van der Waals surface area contributed by atoms with Crippen LogP contribution in [0.3, 0.4) is 0 Å². The zero-order valence-electron chi connectivity index (χ0n) is 16.4. The van der Waals surface area contributed by atoms with Crippen LogP contribution < -0.4 is 10.6 Å². The summed E-state index contributed by atoms with van der Waals surface area (Å²) in [5.41, 5.74) is 2.23. The molecule has 1 amide bonds. The number of alkyl carbamates (subject to hydrolysis) is 1. The minimum absolute atomic E-state index is 0.213. The third-order valence-corrected chi connectivity index (χ3v) is 4.36. The molecule has 3 N–H and O–H groups in total. The second kappa shape index (κ2) is 8.19. The summed E-state index contributed by atoms with van der Waals surface area (Å²) in [4.78, 5) is 16.8. The molecule has 0 saturated carbocycles. The fraction of sp³-hybridized carbons (Fsp3) is 0.200. The molecule has 0 bridgehead atoms. The number of aromatic amines is 1. The summed E-state index contributed by atoms with van der Waals surface area (Å²) in [6, 6.07) is 10.6. The van der Waals surface area contributed by atoms with Crippen molar-refractivity contribution in [1.29, 1.82) is 0 Å². The van der Waals surface area contributed by atoms with Gasteiger partial charge in [0.25, 0.3) is 0 Å². The molecule has 3 heterocycles. The standard InChI is InChI=1S/C20H20FN7O2/c1-3-30-20(29)23-17(13-6-8-14(21)9-7-13)19-24-18(15-5-4-10-28(15)27-19)22-16-11-12(2)25-26-16/h4-11,17H,3H2,1-2H3,(H,23,29)(H2,22,24,25,26,27). The molecule has 10 heteroatoms. The normalized spacial score (nSPS) is 12.0. The van der Waals surface area contributed by atoms with Crippen LogP contribution in [0.5, 0.6) is 0 Å². The summed E-state index contributed by atoms with van der Waals surface area (Å²) in [7, 11) is 0. The van der Waals surface area contributed by atoms with E-state index in [1.807, 2.05) is 25.1 Å². The molecule has 1 unspecified atom stereocenters. The minimum Gasteiger partial charge on any atom is -0.450 e. The van der Waals surface area contributed by atoms with Gasteiger partial charge < -0.3 is 15.4 Å². The summed E-state index contributed by atoms with van der Waals surface area (Å²) >= 11 is 0. The number of carbonyl (C=O) groups is 1. The van der Waals surface area contributed by atoms with Crippen molar-refractivity contribution >= 4 is 23.2 Å². The number of benzene rings is 1. The Balaban J connectivity index is 1.78. The van der Waals surface area contributed by atoms with Crippen LogP contribution >= 0.6 is 0 Å². The number of ether oxygens (including phenoxy) is 1. The summed E-state index contributed by atoms with van der Waals surface area (Å²) in [5, 5.41) is 17.5. The minimum atomic E-state index is -0.752. The Hall–Kier alpha value is -3.95. The largest absolute Gasteiger partial charge is 0.450 e. The summed E-state index contributed by atoms with van der Waals surface area (Å²) in [5.74, 6) is 1.02. The number of nitrogens with one attached hydrogen (secondary N) is 3. The molecule has 0 saturated heterocycles. The van der Waals surface area contributed by atoms with E-state index in [1.165, 1.54) is 12.1 Å². The van der Waals surface area contributed by atoms with E-state index < -0.39 is 12.1 Å². The van der Waals surface area contributed by atoms with E-state index in [9.17, 15) is 9.18 Å². The van der Waals surface area contributed by atoms with Gasteiger partial charge in [0.15, 0.2) is 17.5 Å². The third kappa shape index (κ3) is 4.07. The Kier molecular flexibility index (Phi) is 5.29. The molecule has 4 rings (SSSR count). The van der Waals surface area contributed by atoms with E-state index >= 15 is 0 Å². The highest BCUT2D eigenvalue weighted by atomic mass is 19.1. The van der Waals surface area contributed by atoms with Gasteiger partial charge in [-0.3, -0.25) is 5.10 Å². The third-order valence-electron chi connectivity index (χ3n) is 4.36. The number of fused-ring (bicyclic) bond motifs is 1. The van der Waals surface area contributed by atoms with Gasteiger partial charge in [0, 0.05) is 18.0 Å². The molecule has 1 aromatic carbocycles.